The summed E-state index contributed by atoms with van der Waals surface area (Å²) in [4.78, 5) is 6.59. The SMILES string of the molecule is C=Cc1ccc(-c2ccc(-c3cccs3)s2)s1. The average Bonchev–Trinajstić information content (AvgIpc) is 3.09. The highest BCUT2D eigenvalue weighted by atomic mass is 32.1. The second-order valence-corrected chi connectivity index (χ2v) is 6.69. The molecule has 0 bridgehead atoms. The summed E-state index contributed by atoms with van der Waals surface area (Å²) in [6.07, 6.45) is 1.90. The molecule has 0 aliphatic heterocycles. The maximum Gasteiger partial charge on any atom is 0.0449 e. The molecule has 0 fully saturated rings. The number of rotatable bonds is 3. The number of hydrogen-bond acceptors (Lipinski definition) is 3. The second kappa shape index (κ2) is 4.61. The van der Waals surface area contributed by atoms with Gasteiger partial charge in [-0.15, -0.1) is 34.0 Å². The third-order valence-electron chi connectivity index (χ3n) is 2.44. The van der Waals surface area contributed by atoms with E-state index < -0.39 is 0 Å². The van der Waals surface area contributed by atoms with Crippen LogP contribution >= 0.6 is 34.0 Å². The highest BCUT2D eigenvalue weighted by Gasteiger charge is 2.07. The Bertz CT molecular complexity index is 626. The van der Waals surface area contributed by atoms with Crippen LogP contribution in [0, 0.1) is 0 Å². The van der Waals surface area contributed by atoms with Gasteiger partial charge >= 0.3 is 0 Å². The van der Waals surface area contributed by atoms with Crippen molar-refractivity contribution in [3.05, 3.63) is 53.2 Å². The fourth-order valence-corrected chi connectivity index (χ4v) is 4.41. The van der Waals surface area contributed by atoms with Crippen LogP contribution in [0.15, 0.2) is 48.4 Å². The van der Waals surface area contributed by atoms with Crippen molar-refractivity contribution < 1.29 is 0 Å². The lowest BCUT2D eigenvalue weighted by Crippen LogP contribution is -1.57. The molecular weight excluding hydrogens is 264 g/mol. The third-order valence-corrected chi connectivity index (χ3v) is 5.87. The molecule has 0 atom stereocenters. The lowest BCUT2D eigenvalue weighted by molar-refractivity contribution is 1.90. The molecule has 3 heteroatoms. The van der Waals surface area contributed by atoms with Gasteiger partial charge in [0.05, 0.1) is 0 Å². The van der Waals surface area contributed by atoms with Crippen molar-refractivity contribution in [3.63, 3.8) is 0 Å². The van der Waals surface area contributed by atoms with Crippen LogP contribution in [0.5, 0.6) is 0 Å². The van der Waals surface area contributed by atoms with E-state index in [4.69, 9.17) is 0 Å². The monoisotopic (exact) mass is 274 g/mol. The summed E-state index contributed by atoms with van der Waals surface area (Å²) < 4.78 is 0. The molecule has 0 spiro atoms. The zero-order valence-corrected chi connectivity index (χ0v) is 11.5. The normalized spacial score (nSPS) is 10.6. The van der Waals surface area contributed by atoms with Crippen molar-refractivity contribution in [2.45, 2.75) is 0 Å². The van der Waals surface area contributed by atoms with E-state index in [1.807, 2.05) is 17.4 Å². The van der Waals surface area contributed by atoms with Gasteiger partial charge in [-0.2, -0.15) is 0 Å². The van der Waals surface area contributed by atoms with Crippen LogP contribution < -0.4 is 0 Å². The van der Waals surface area contributed by atoms with Gasteiger partial charge in [0.25, 0.3) is 0 Å². The minimum absolute atomic E-state index is 1.23. The fraction of sp³-hybridized carbons (Fsp3) is 0. The number of hydrogen-bond donors (Lipinski definition) is 0. The molecule has 0 unspecified atom stereocenters. The Labute approximate surface area is 113 Å². The molecule has 17 heavy (non-hydrogen) atoms. The van der Waals surface area contributed by atoms with Crippen LogP contribution in [0.2, 0.25) is 0 Å². The minimum atomic E-state index is 1.23. The second-order valence-electron chi connectivity index (χ2n) is 3.55. The lowest BCUT2D eigenvalue weighted by Gasteiger charge is -1.90. The van der Waals surface area contributed by atoms with E-state index in [1.165, 1.54) is 24.4 Å². The van der Waals surface area contributed by atoms with Crippen molar-refractivity contribution in [2.24, 2.45) is 0 Å². The summed E-state index contributed by atoms with van der Waals surface area (Å²) in [5, 5.41) is 2.12. The largest absolute Gasteiger partial charge is 0.143 e. The van der Waals surface area contributed by atoms with Gasteiger partial charge in [0, 0.05) is 24.4 Å². The highest BCUT2D eigenvalue weighted by Crippen LogP contribution is 2.39. The average molecular weight is 274 g/mol. The van der Waals surface area contributed by atoms with E-state index in [1.54, 1.807) is 22.7 Å². The predicted octanol–water partition coefficient (Wildman–Crippen LogP) is 5.85. The molecule has 0 radical (unpaired) electrons. The first-order valence-electron chi connectivity index (χ1n) is 5.23. The Kier molecular flexibility index (Phi) is 2.97. The molecule has 3 heterocycles. The summed E-state index contributed by atoms with van der Waals surface area (Å²) in [7, 11) is 0. The van der Waals surface area contributed by atoms with Gasteiger partial charge in [0.15, 0.2) is 0 Å². The molecule has 3 rings (SSSR count). The van der Waals surface area contributed by atoms with Crippen molar-refractivity contribution in [2.75, 3.05) is 0 Å². The van der Waals surface area contributed by atoms with Gasteiger partial charge < -0.3 is 0 Å². The van der Waals surface area contributed by atoms with Crippen LogP contribution in [0.1, 0.15) is 4.88 Å². The van der Waals surface area contributed by atoms with Gasteiger partial charge in [-0.3, -0.25) is 0 Å². The lowest BCUT2D eigenvalue weighted by atomic mass is 10.3. The fourth-order valence-electron chi connectivity index (χ4n) is 1.62. The van der Waals surface area contributed by atoms with Crippen molar-refractivity contribution in [3.8, 4) is 19.5 Å². The molecule has 0 saturated heterocycles. The molecule has 3 aromatic rings. The van der Waals surface area contributed by atoms with Crippen LogP contribution in [0.4, 0.5) is 0 Å². The van der Waals surface area contributed by atoms with Gasteiger partial charge in [0.2, 0.25) is 0 Å². The molecule has 0 aromatic carbocycles. The van der Waals surface area contributed by atoms with Crippen LogP contribution in [-0.4, -0.2) is 0 Å². The van der Waals surface area contributed by atoms with Crippen LogP contribution in [0.25, 0.3) is 25.6 Å². The van der Waals surface area contributed by atoms with E-state index in [0.717, 1.165) is 0 Å². The molecule has 84 valence electrons. The smallest absolute Gasteiger partial charge is 0.0449 e. The molecule has 0 aliphatic rings. The van der Waals surface area contributed by atoms with E-state index in [9.17, 15) is 0 Å². The van der Waals surface area contributed by atoms with Crippen molar-refractivity contribution in [1.29, 1.82) is 0 Å². The maximum atomic E-state index is 3.80. The number of thiophene rings is 3. The molecule has 0 nitrogen and oxygen atoms in total. The first kappa shape index (κ1) is 11.0. The van der Waals surface area contributed by atoms with Gasteiger partial charge in [0.1, 0.15) is 0 Å². The Hall–Kier alpha value is -1.16. The van der Waals surface area contributed by atoms with Gasteiger partial charge in [-0.25, -0.2) is 0 Å². The molecule has 3 aromatic heterocycles. The molecule has 0 saturated carbocycles. The molecule has 0 N–H and O–H groups in total. The third kappa shape index (κ3) is 2.14. The maximum absolute atomic E-state index is 3.80. The first-order valence-corrected chi connectivity index (χ1v) is 7.74. The van der Waals surface area contributed by atoms with E-state index in [0.29, 0.717) is 0 Å². The standard InChI is InChI=1S/C14H10S3/c1-2-10-5-6-13(16-10)14-8-7-12(17-14)11-4-3-9-15-11/h2-9H,1H2. The molecule has 0 amide bonds. The van der Waals surface area contributed by atoms with Crippen LogP contribution in [0.3, 0.4) is 0 Å². The van der Waals surface area contributed by atoms with Crippen molar-refractivity contribution in [1.82, 2.24) is 0 Å². The van der Waals surface area contributed by atoms with Crippen LogP contribution in [-0.2, 0) is 0 Å². The van der Waals surface area contributed by atoms with E-state index in [2.05, 4.69) is 48.4 Å². The quantitative estimate of drug-likeness (QED) is 0.562. The highest BCUT2D eigenvalue weighted by molar-refractivity contribution is 7.26. The zero-order valence-electron chi connectivity index (χ0n) is 9.05. The Balaban J connectivity index is 1.97. The summed E-state index contributed by atoms with van der Waals surface area (Å²) in [5.74, 6) is 0. The summed E-state index contributed by atoms with van der Waals surface area (Å²) >= 11 is 5.44. The first-order chi connectivity index (χ1) is 8.36. The van der Waals surface area contributed by atoms with E-state index >= 15 is 0 Å². The summed E-state index contributed by atoms with van der Waals surface area (Å²) in [6, 6.07) is 13.0. The Morgan fingerprint density at radius 3 is 2.18 bits per heavy atom. The van der Waals surface area contributed by atoms with Gasteiger partial charge in [-0.1, -0.05) is 18.7 Å². The van der Waals surface area contributed by atoms with E-state index in [-0.39, 0.29) is 0 Å². The summed E-state index contributed by atoms with van der Waals surface area (Å²) in [5.41, 5.74) is 0. The molecule has 0 aliphatic carbocycles. The Morgan fingerprint density at radius 2 is 1.53 bits per heavy atom. The molecular formula is C14H10S3. The minimum Gasteiger partial charge on any atom is -0.143 e. The summed E-state index contributed by atoms with van der Waals surface area (Å²) in [6.45, 7) is 3.80. The Morgan fingerprint density at radius 1 is 0.824 bits per heavy atom. The predicted molar refractivity (Wildman–Crippen MR) is 81.0 cm³/mol. The van der Waals surface area contributed by atoms with Crippen molar-refractivity contribution >= 4 is 40.1 Å². The van der Waals surface area contributed by atoms with Gasteiger partial charge in [-0.05, 0) is 35.7 Å². The zero-order chi connectivity index (χ0) is 11.7. The topological polar surface area (TPSA) is 0 Å².